The molecule has 1 aliphatic heterocycles. The first-order valence-corrected chi connectivity index (χ1v) is 7.88. The SMILES string of the molecule is CC(Cl)c1nc2cccnc2n1C1CCN(C2CC2)C1. The third-order valence-electron chi connectivity index (χ3n) is 4.46. The van der Waals surface area contributed by atoms with E-state index in [0.717, 1.165) is 29.6 Å². The van der Waals surface area contributed by atoms with Crippen molar-refractivity contribution in [2.75, 3.05) is 13.1 Å². The van der Waals surface area contributed by atoms with E-state index in [0.29, 0.717) is 6.04 Å². The summed E-state index contributed by atoms with van der Waals surface area (Å²) in [7, 11) is 0. The number of fused-ring (bicyclic) bond motifs is 1. The molecule has 2 aliphatic rings. The maximum Gasteiger partial charge on any atom is 0.160 e. The fraction of sp³-hybridized carbons (Fsp3) is 0.600. The van der Waals surface area contributed by atoms with Gasteiger partial charge in [-0.1, -0.05) is 0 Å². The van der Waals surface area contributed by atoms with Crippen LogP contribution in [0.15, 0.2) is 18.3 Å². The van der Waals surface area contributed by atoms with Crippen LogP contribution >= 0.6 is 11.6 Å². The zero-order valence-electron chi connectivity index (χ0n) is 11.7. The molecule has 2 fully saturated rings. The Morgan fingerprint density at radius 2 is 2.15 bits per heavy atom. The molecule has 0 N–H and O–H groups in total. The number of aromatic nitrogens is 3. The minimum absolute atomic E-state index is 0.0841. The molecule has 5 heteroatoms. The van der Waals surface area contributed by atoms with Crippen molar-refractivity contribution in [2.45, 2.75) is 43.6 Å². The second-order valence-corrected chi connectivity index (χ2v) is 6.63. The maximum atomic E-state index is 6.34. The van der Waals surface area contributed by atoms with Crippen LogP contribution in [0.25, 0.3) is 11.2 Å². The number of hydrogen-bond donors (Lipinski definition) is 0. The van der Waals surface area contributed by atoms with Crippen molar-refractivity contribution in [3.8, 4) is 0 Å². The van der Waals surface area contributed by atoms with Crippen molar-refractivity contribution in [1.82, 2.24) is 19.4 Å². The van der Waals surface area contributed by atoms with E-state index in [9.17, 15) is 0 Å². The molecule has 0 amide bonds. The lowest BCUT2D eigenvalue weighted by Crippen LogP contribution is -2.24. The van der Waals surface area contributed by atoms with Gasteiger partial charge < -0.3 is 4.57 Å². The molecule has 4 nitrogen and oxygen atoms in total. The number of pyridine rings is 1. The summed E-state index contributed by atoms with van der Waals surface area (Å²) in [4.78, 5) is 11.8. The topological polar surface area (TPSA) is 34.0 Å². The van der Waals surface area contributed by atoms with Gasteiger partial charge in [0.05, 0.1) is 11.4 Å². The second-order valence-electron chi connectivity index (χ2n) is 5.97. The molecule has 20 heavy (non-hydrogen) atoms. The Bertz CT molecular complexity index is 632. The third kappa shape index (κ3) is 2.02. The van der Waals surface area contributed by atoms with Gasteiger partial charge in [-0.3, -0.25) is 4.90 Å². The van der Waals surface area contributed by atoms with Gasteiger partial charge in [0.2, 0.25) is 0 Å². The molecule has 0 radical (unpaired) electrons. The van der Waals surface area contributed by atoms with E-state index < -0.39 is 0 Å². The zero-order chi connectivity index (χ0) is 13.7. The summed E-state index contributed by atoms with van der Waals surface area (Å²) in [6.07, 6.45) is 5.76. The molecule has 0 bridgehead atoms. The highest BCUT2D eigenvalue weighted by atomic mass is 35.5. The number of imidazole rings is 1. The molecule has 4 rings (SSSR count). The van der Waals surface area contributed by atoms with Crippen LogP contribution in [0.5, 0.6) is 0 Å². The number of alkyl halides is 1. The monoisotopic (exact) mass is 290 g/mol. The summed E-state index contributed by atoms with van der Waals surface area (Å²) in [6, 6.07) is 5.26. The van der Waals surface area contributed by atoms with E-state index in [1.54, 1.807) is 0 Å². The van der Waals surface area contributed by atoms with Crippen LogP contribution in [-0.2, 0) is 0 Å². The molecule has 1 saturated carbocycles. The standard InChI is InChI=1S/C15H19ClN4/c1-10(16)14-18-13-3-2-7-17-15(13)20(14)12-6-8-19(9-12)11-4-5-11/h2-3,7,10-12H,4-6,8-9H2,1H3. The predicted molar refractivity (Wildman–Crippen MR) is 80.0 cm³/mol. The molecule has 2 aromatic heterocycles. The van der Waals surface area contributed by atoms with Gasteiger partial charge in [-0.25, -0.2) is 9.97 Å². The first-order chi connectivity index (χ1) is 9.74. The fourth-order valence-electron chi connectivity index (χ4n) is 3.34. The van der Waals surface area contributed by atoms with Crippen LogP contribution in [0, 0.1) is 0 Å². The van der Waals surface area contributed by atoms with E-state index in [4.69, 9.17) is 16.6 Å². The summed E-state index contributed by atoms with van der Waals surface area (Å²) in [5.74, 6) is 0.961. The first-order valence-electron chi connectivity index (χ1n) is 7.45. The van der Waals surface area contributed by atoms with Gasteiger partial charge in [0.25, 0.3) is 0 Å². The Morgan fingerprint density at radius 1 is 1.30 bits per heavy atom. The Morgan fingerprint density at radius 3 is 2.90 bits per heavy atom. The lowest BCUT2D eigenvalue weighted by Gasteiger charge is -2.18. The summed E-state index contributed by atoms with van der Waals surface area (Å²) >= 11 is 6.34. The quantitative estimate of drug-likeness (QED) is 0.815. The highest BCUT2D eigenvalue weighted by molar-refractivity contribution is 6.20. The Labute approximate surface area is 123 Å². The number of halogens is 1. The summed E-state index contributed by atoms with van der Waals surface area (Å²) < 4.78 is 2.29. The maximum absolute atomic E-state index is 6.34. The first kappa shape index (κ1) is 12.6. The summed E-state index contributed by atoms with van der Waals surface area (Å²) in [5, 5.41) is -0.0841. The molecule has 3 heterocycles. The van der Waals surface area contributed by atoms with Gasteiger partial charge in [0.1, 0.15) is 11.3 Å². The van der Waals surface area contributed by atoms with Crippen LogP contribution in [0.4, 0.5) is 0 Å². The van der Waals surface area contributed by atoms with Crippen LogP contribution in [0.1, 0.15) is 43.4 Å². The van der Waals surface area contributed by atoms with Crippen LogP contribution in [-0.4, -0.2) is 38.6 Å². The molecule has 106 valence electrons. The lowest BCUT2D eigenvalue weighted by atomic mass is 10.2. The predicted octanol–water partition coefficient (Wildman–Crippen LogP) is 3.14. The van der Waals surface area contributed by atoms with Crippen LogP contribution < -0.4 is 0 Å². The molecule has 0 spiro atoms. The average molecular weight is 291 g/mol. The fourth-order valence-corrected chi connectivity index (χ4v) is 3.49. The van der Waals surface area contributed by atoms with Gasteiger partial charge >= 0.3 is 0 Å². The van der Waals surface area contributed by atoms with Gasteiger partial charge in [-0.2, -0.15) is 0 Å². The zero-order valence-corrected chi connectivity index (χ0v) is 12.4. The molecular weight excluding hydrogens is 272 g/mol. The van der Waals surface area contributed by atoms with E-state index in [-0.39, 0.29) is 5.38 Å². The van der Waals surface area contributed by atoms with Crippen molar-refractivity contribution in [1.29, 1.82) is 0 Å². The van der Waals surface area contributed by atoms with Crippen molar-refractivity contribution in [3.05, 3.63) is 24.2 Å². The minimum Gasteiger partial charge on any atom is -0.307 e. The smallest absolute Gasteiger partial charge is 0.160 e. The summed E-state index contributed by atoms with van der Waals surface area (Å²) in [6.45, 7) is 4.30. The van der Waals surface area contributed by atoms with Crippen molar-refractivity contribution >= 4 is 22.8 Å². The van der Waals surface area contributed by atoms with E-state index >= 15 is 0 Å². The highest BCUT2D eigenvalue weighted by Gasteiger charge is 2.36. The van der Waals surface area contributed by atoms with E-state index in [1.807, 2.05) is 25.3 Å². The number of hydrogen-bond acceptors (Lipinski definition) is 3. The summed E-state index contributed by atoms with van der Waals surface area (Å²) in [5.41, 5.74) is 1.94. The Hall–Kier alpha value is -1.13. The molecule has 2 aromatic rings. The average Bonchev–Trinajstić information content (AvgIpc) is 3.05. The molecule has 1 aliphatic carbocycles. The normalized spacial score (nSPS) is 25.4. The minimum atomic E-state index is -0.0841. The van der Waals surface area contributed by atoms with Gasteiger partial charge in [-0.15, -0.1) is 11.6 Å². The Kier molecular flexibility index (Phi) is 2.97. The number of nitrogens with zero attached hydrogens (tertiary/aromatic N) is 4. The van der Waals surface area contributed by atoms with Gasteiger partial charge in [0, 0.05) is 25.3 Å². The molecule has 2 unspecified atom stereocenters. The molecule has 2 atom stereocenters. The Balaban J connectivity index is 1.75. The molecular formula is C15H19ClN4. The highest BCUT2D eigenvalue weighted by Crippen LogP contribution is 2.36. The number of rotatable bonds is 3. The molecule has 0 aromatic carbocycles. The largest absolute Gasteiger partial charge is 0.307 e. The van der Waals surface area contributed by atoms with Crippen molar-refractivity contribution < 1.29 is 0 Å². The van der Waals surface area contributed by atoms with Crippen LogP contribution in [0.2, 0.25) is 0 Å². The van der Waals surface area contributed by atoms with Crippen LogP contribution in [0.3, 0.4) is 0 Å². The lowest BCUT2D eigenvalue weighted by molar-refractivity contribution is 0.313. The number of likely N-dealkylation sites (tertiary alicyclic amines) is 1. The third-order valence-corrected chi connectivity index (χ3v) is 4.65. The molecule has 1 saturated heterocycles. The van der Waals surface area contributed by atoms with Crippen molar-refractivity contribution in [2.24, 2.45) is 0 Å². The second kappa shape index (κ2) is 4.71. The van der Waals surface area contributed by atoms with Gasteiger partial charge in [-0.05, 0) is 38.3 Å². The van der Waals surface area contributed by atoms with Crippen molar-refractivity contribution in [3.63, 3.8) is 0 Å². The van der Waals surface area contributed by atoms with Gasteiger partial charge in [0.15, 0.2) is 5.65 Å². The van der Waals surface area contributed by atoms with E-state index in [1.165, 1.54) is 25.8 Å². The van der Waals surface area contributed by atoms with E-state index in [2.05, 4.69) is 14.5 Å².